The fourth-order valence-corrected chi connectivity index (χ4v) is 3.64. The minimum Gasteiger partial charge on any atom is -0.0942 e. The standard InChI is InChI=1S/C24H24S/c1-18-4-10-21(11-5-18)16-24(17-22-12-6-19(2)7-13-22)25-23-14-8-20(3)9-15-23/h4-16H,17H2,1-3H3. The van der Waals surface area contributed by atoms with Crippen molar-refractivity contribution >= 4 is 17.8 Å². The quantitative estimate of drug-likeness (QED) is 0.450. The Morgan fingerprint density at radius 1 is 0.680 bits per heavy atom. The van der Waals surface area contributed by atoms with Crippen LogP contribution in [0.1, 0.15) is 27.8 Å². The van der Waals surface area contributed by atoms with Crippen LogP contribution in [0, 0.1) is 20.8 Å². The van der Waals surface area contributed by atoms with Crippen molar-refractivity contribution in [2.45, 2.75) is 32.1 Å². The summed E-state index contributed by atoms with van der Waals surface area (Å²) in [4.78, 5) is 2.65. The highest BCUT2D eigenvalue weighted by molar-refractivity contribution is 8.03. The van der Waals surface area contributed by atoms with Crippen molar-refractivity contribution in [1.82, 2.24) is 0 Å². The minimum absolute atomic E-state index is 0.951. The molecule has 0 aliphatic heterocycles. The van der Waals surface area contributed by atoms with Gasteiger partial charge >= 0.3 is 0 Å². The van der Waals surface area contributed by atoms with E-state index in [1.54, 1.807) is 0 Å². The molecule has 0 heterocycles. The molecule has 0 aromatic heterocycles. The lowest BCUT2D eigenvalue weighted by molar-refractivity contribution is 1.24. The monoisotopic (exact) mass is 344 g/mol. The summed E-state index contributed by atoms with van der Waals surface area (Å²) in [5, 5.41) is 0. The van der Waals surface area contributed by atoms with Gasteiger partial charge in [-0.25, -0.2) is 0 Å². The molecule has 0 saturated carbocycles. The molecule has 126 valence electrons. The van der Waals surface area contributed by atoms with Gasteiger partial charge in [0.05, 0.1) is 0 Å². The maximum atomic E-state index is 2.31. The second-order valence-corrected chi connectivity index (χ2v) is 7.80. The fourth-order valence-electron chi connectivity index (χ4n) is 2.63. The van der Waals surface area contributed by atoms with Crippen LogP contribution in [0.2, 0.25) is 0 Å². The fraction of sp³-hybridized carbons (Fsp3) is 0.167. The molecular weight excluding hydrogens is 320 g/mol. The molecule has 0 amide bonds. The van der Waals surface area contributed by atoms with E-state index in [0.29, 0.717) is 0 Å². The van der Waals surface area contributed by atoms with Crippen molar-refractivity contribution in [2.24, 2.45) is 0 Å². The third-order valence-electron chi connectivity index (χ3n) is 4.17. The smallest absolute Gasteiger partial charge is 0.0119 e. The first-order valence-electron chi connectivity index (χ1n) is 8.66. The van der Waals surface area contributed by atoms with Crippen LogP contribution in [-0.4, -0.2) is 0 Å². The Balaban J connectivity index is 1.87. The normalized spacial score (nSPS) is 11.6. The van der Waals surface area contributed by atoms with E-state index in [2.05, 4.69) is 99.6 Å². The summed E-state index contributed by atoms with van der Waals surface area (Å²) in [6.07, 6.45) is 3.26. The van der Waals surface area contributed by atoms with Crippen LogP contribution < -0.4 is 0 Å². The third-order valence-corrected chi connectivity index (χ3v) is 5.21. The first-order chi connectivity index (χ1) is 12.1. The molecule has 0 N–H and O–H groups in total. The van der Waals surface area contributed by atoms with Crippen LogP contribution >= 0.6 is 11.8 Å². The van der Waals surface area contributed by atoms with Gasteiger partial charge in [-0.3, -0.25) is 0 Å². The molecule has 0 unspecified atom stereocenters. The van der Waals surface area contributed by atoms with E-state index in [1.807, 2.05) is 11.8 Å². The van der Waals surface area contributed by atoms with Crippen LogP contribution in [0.4, 0.5) is 0 Å². The van der Waals surface area contributed by atoms with Gasteiger partial charge in [0.2, 0.25) is 0 Å². The highest BCUT2D eigenvalue weighted by atomic mass is 32.2. The summed E-state index contributed by atoms with van der Waals surface area (Å²) >= 11 is 1.86. The molecule has 0 fully saturated rings. The van der Waals surface area contributed by atoms with Gasteiger partial charge in [0.1, 0.15) is 0 Å². The second kappa shape index (κ2) is 8.22. The van der Waals surface area contributed by atoms with Gasteiger partial charge in [0.25, 0.3) is 0 Å². The van der Waals surface area contributed by atoms with Crippen molar-refractivity contribution in [2.75, 3.05) is 0 Å². The average Bonchev–Trinajstić information content (AvgIpc) is 2.61. The predicted molar refractivity (Wildman–Crippen MR) is 111 cm³/mol. The second-order valence-electron chi connectivity index (χ2n) is 6.60. The lowest BCUT2D eigenvalue weighted by Crippen LogP contribution is -1.89. The van der Waals surface area contributed by atoms with Gasteiger partial charge in [-0.1, -0.05) is 89.1 Å². The number of aryl methyl sites for hydroxylation is 3. The van der Waals surface area contributed by atoms with Crippen LogP contribution in [0.5, 0.6) is 0 Å². The number of hydrogen-bond donors (Lipinski definition) is 0. The van der Waals surface area contributed by atoms with Crippen LogP contribution in [0.25, 0.3) is 6.08 Å². The van der Waals surface area contributed by atoms with Crippen LogP contribution in [0.3, 0.4) is 0 Å². The Hall–Kier alpha value is -2.25. The average molecular weight is 345 g/mol. The Morgan fingerprint density at radius 2 is 1.16 bits per heavy atom. The molecule has 3 aromatic carbocycles. The van der Waals surface area contributed by atoms with E-state index >= 15 is 0 Å². The molecular formula is C24H24S. The van der Waals surface area contributed by atoms with Crippen molar-refractivity contribution in [3.8, 4) is 0 Å². The summed E-state index contributed by atoms with van der Waals surface area (Å²) in [5.74, 6) is 0. The van der Waals surface area contributed by atoms with Crippen molar-refractivity contribution in [3.63, 3.8) is 0 Å². The summed E-state index contributed by atoms with van der Waals surface area (Å²) in [5.41, 5.74) is 6.50. The zero-order chi connectivity index (χ0) is 17.6. The Morgan fingerprint density at radius 3 is 1.72 bits per heavy atom. The molecule has 0 saturated heterocycles. The highest BCUT2D eigenvalue weighted by Crippen LogP contribution is 2.31. The lowest BCUT2D eigenvalue weighted by Gasteiger charge is -2.09. The lowest BCUT2D eigenvalue weighted by atomic mass is 10.1. The Labute approximate surface area is 155 Å². The van der Waals surface area contributed by atoms with E-state index in [1.165, 1.54) is 37.6 Å². The molecule has 0 nitrogen and oxygen atoms in total. The predicted octanol–water partition coefficient (Wildman–Crippen LogP) is 6.99. The van der Waals surface area contributed by atoms with Crippen LogP contribution in [0.15, 0.2) is 82.6 Å². The van der Waals surface area contributed by atoms with Crippen LogP contribution in [-0.2, 0) is 6.42 Å². The molecule has 0 aliphatic carbocycles. The van der Waals surface area contributed by atoms with Crippen molar-refractivity contribution in [1.29, 1.82) is 0 Å². The third kappa shape index (κ3) is 5.37. The number of hydrogen-bond acceptors (Lipinski definition) is 1. The molecule has 3 aromatic rings. The van der Waals surface area contributed by atoms with Crippen molar-refractivity contribution < 1.29 is 0 Å². The highest BCUT2D eigenvalue weighted by Gasteiger charge is 2.04. The molecule has 0 atom stereocenters. The first-order valence-corrected chi connectivity index (χ1v) is 9.47. The van der Waals surface area contributed by atoms with Gasteiger partial charge in [-0.05, 0) is 55.0 Å². The maximum Gasteiger partial charge on any atom is 0.0119 e. The van der Waals surface area contributed by atoms with Gasteiger partial charge in [-0.2, -0.15) is 0 Å². The summed E-state index contributed by atoms with van der Waals surface area (Å²) in [6.45, 7) is 6.39. The number of benzene rings is 3. The topological polar surface area (TPSA) is 0 Å². The minimum atomic E-state index is 0.951. The molecule has 0 spiro atoms. The Bertz CT molecular complexity index is 789. The van der Waals surface area contributed by atoms with Crippen molar-refractivity contribution in [3.05, 3.63) is 106 Å². The van der Waals surface area contributed by atoms with E-state index < -0.39 is 0 Å². The van der Waals surface area contributed by atoms with E-state index in [4.69, 9.17) is 0 Å². The summed E-state index contributed by atoms with van der Waals surface area (Å²) < 4.78 is 0. The molecule has 3 rings (SSSR count). The summed E-state index contributed by atoms with van der Waals surface area (Å²) in [7, 11) is 0. The molecule has 0 bridgehead atoms. The molecule has 0 aliphatic rings. The van der Waals surface area contributed by atoms with Gasteiger partial charge in [-0.15, -0.1) is 0 Å². The van der Waals surface area contributed by atoms with E-state index in [0.717, 1.165) is 6.42 Å². The molecule has 0 radical (unpaired) electrons. The van der Waals surface area contributed by atoms with Gasteiger partial charge in [0, 0.05) is 11.3 Å². The largest absolute Gasteiger partial charge is 0.0942 e. The van der Waals surface area contributed by atoms with E-state index in [9.17, 15) is 0 Å². The molecule has 1 heteroatoms. The zero-order valence-corrected chi connectivity index (χ0v) is 15.9. The van der Waals surface area contributed by atoms with E-state index in [-0.39, 0.29) is 0 Å². The number of thioether (sulfide) groups is 1. The molecule has 25 heavy (non-hydrogen) atoms. The number of rotatable bonds is 5. The first kappa shape index (κ1) is 17.6. The SMILES string of the molecule is Cc1ccc(C=C(Cc2ccc(C)cc2)Sc2ccc(C)cc2)cc1. The zero-order valence-electron chi connectivity index (χ0n) is 15.1. The van der Waals surface area contributed by atoms with Gasteiger partial charge in [0.15, 0.2) is 0 Å². The Kier molecular flexibility index (Phi) is 5.78. The van der Waals surface area contributed by atoms with Gasteiger partial charge < -0.3 is 0 Å². The summed E-state index contributed by atoms with van der Waals surface area (Å²) in [6, 6.07) is 26.3. The maximum absolute atomic E-state index is 2.31. The number of allylic oxidation sites excluding steroid dienone is 1.